The van der Waals surface area contributed by atoms with Crippen molar-refractivity contribution in [2.24, 2.45) is 35.5 Å². The van der Waals surface area contributed by atoms with Crippen LogP contribution in [0.1, 0.15) is 82.1 Å². The Morgan fingerprint density at radius 3 is 0.917 bits per heavy atom. The van der Waals surface area contributed by atoms with Gasteiger partial charge < -0.3 is 58.3 Å². The molecule has 0 radical (unpaired) electrons. The molecule has 344 valence electrons. The number of esters is 8. The molecule has 0 saturated carbocycles. The van der Waals surface area contributed by atoms with Crippen molar-refractivity contribution in [2.75, 3.05) is 39.6 Å². The number of rotatable bonds is 28. The smallest absolute Gasteiger partial charge is 0.331 e. The summed E-state index contributed by atoms with van der Waals surface area (Å²) in [4.78, 5) is 102. The number of hydrogen-bond donors (Lipinski definition) is 4. The van der Waals surface area contributed by atoms with Gasteiger partial charge in [0.2, 0.25) is 0 Å². The summed E-state index contributed by atoms with van der Waals surface area (Å²) in [6, 6.07) is 0. The van der Waals surface area contributed by atoms with E-state index in [0.29, 0.717) is 0 Å². The van der Waals surface area contributed by atoms with Gasteiger partial charge in [-0.25, -0.2) is 9.59 Å². The van der Waals surface area contributed by atoms with E-state index < -0.39 is 146 Å². The molecule has 0 aromatic carbocycles. The zero-order valence-electron chi connectivity index (χ0n) is 36.1. The summed E-state index contributed by atoms with van der Waals surface area (Å²) in [6.07, 6.45) is -4.69. The zero-order valence-corrected chi connectivity index (χ0v) is 36.1. The van der Waals surface area contributed by atoms with Gasteiger partial charge in [-0.1, -0.05) is 27.7 Å². The predicted molar refractivity (Wildman–Crippen MR) is 206 cm³/mol. The molecule has 4 N–H and O–H groups in total. The summed E-state index contributed by atoms with van der Waals surface area (Å²) in [6.45, 7) is 11.6. The summed E-state index contributed by atoms with van der Waals surface area (Å²) in [5, 5.41) is 38.1. The number of ether oxygens (including phenoxy) is 8. The van der Waals surface area contributed by atoms with Crippen molar-refractivity contribution in [1.29, 1.82) is 0 Å². The third kappa shape index (κ3) is 21.6. The van der Waals surface area contributed by atoms with Crippen LogP contribution in [-0.2, 0) is 76.3 Å². The monoisotopic (exact) mass is 864 g/mol. The van der Waals surface area contributed by atoms with Crippen molar-refractivity contribution in [3.63, 3.8) is 0 Å². The van der Waals surface area contributed by atoms with E-state index in [9.17, 15) is 58.8 Å². The van der Waals surface area contributed by atoms with E-state index in [4.69, 9.17) is 37.9 Å². The topological polar surface area (TPSA) is 291 Å². The fourth-order valence-electron chi connectivity index (χ4n) is 5.40. The second kappa shape index (κ2) is 28.7. The van der Waals surface area contributed by atoms with Gasteiger partial charge in [0.1, 0.15) is 51.8 Å². The Balaban J connectivity index is 5.42. The van der Waals surface area contributed by atoms with Crippen molar-refractivity contribution < 1.29 is 96.7 Å². The summed E-state index contributed by atoms with van der Waals surface area (Å²) in [5.41, 5.74) is 0. The quantitative estimate of drug-likeness (QED) is 0.0479. The van der Waals surface area contributed by atoms with E-state index in [1.54, 1.807) is 13.8 Å². The van der Waals surface area contributed by atoms with Crippen molar-refractivity contribution in [3.05, 3.63) is 12.2 Å². The number of carbonyl (C=O) groups is 8. The third-order valence-electron chi connectivity index (χ3n) is 8.50. The minimum absolute atomic E-state index is 0.0108. The lowest BCUT2D eigenvalue weighted by Gasteiger charge is -2.28. The predicted octanol–water partition coefficient (Wildman–Crippen LogP) is 0.745. The highest BCUT2D eigenvalue weighted by Gasteiger charge is 2.44. The van der Waals surface area contributed by atoms with Gasteiger partial charge in [-0.15, -0.1) is 0 Å². The molecular weight excluding hydrogens is 800 g/mol. The molecule has 60 heavy (non-hydrogen) atoms. The van der Waals surface area contributed by atoms with Crippen LogP contribution >= 0.6 is 0 Å². The Hall–Kier alpha value is -4.66. The van der Waals surface area contributed by atoms with Crippen LogP contribution in [0.5, 0.6) is 0 Å². The average Bonchev–Trinajstić information content (AvgIpc) is 3.17. The molecule has 20 nitrogen and oxygen atoms in total. The molecule has 0 amide bonds. The summed E-state index contributed by atoms with van der Waals surface area (Å²) >= 11 is 0. The molecule has 0 rings (SSSR count). The fourth-order valence-corrected chi connectivity index (χ4v) is 5.40. The van der Waals surface area contributed by atoms with Crippen LogP contribution in [0.3, 0.4) is 0 Å². The van der Waals surface area contributed by atoms with Gasteiger partial charge in [-0.05, 0) is 54.4 Å². The Labute approximate surface area is 350 Å². The standard InChI is InChI=1S/C40H64O20/c1-11-29(33(39(51)57-17-23(5)43)27(9)35(47)55-15-21(3)41)37(49)59-25(7)19-53-31(45)13-14-32(46)54-20-26(8)60-38(50)30(12-2)34(40(52)58-18-24(6)44)28(10)36(48)56-16-22(4)42/h13-14,21-30,33-34,41-44H,11-12,15-20H2,1-10H3/b14-13+. The van der Waals surface area contributed by atoms with Crippen molar-refractivity contribution in [1.82, 2.24) is 0 Å². The van der Waals surface area contributed by atoms with Crippen molar-refractivity contribution in [3.8, 4) is 0 Å². The minimum Gasteiger partial charge on any atom is -0.463 e. The van der Waals surface area contributed by atoms with Crippen LogP contribution in [0.15, 0.2) is 12.2 Å². The highest BCUT2D eigenvalue weighted by atomic mass is 16.6. The molecular formula is C40H64O20. The first kappa shape index (κ1) is 55.3. The molecule has 0 aliphatic heterocycles. The summed E-state index contributed by atoms with van der Waals surface area (Å²) in [5.74, 6) is -15.3. The molecule has 12 atom stereocenters. The lowest BCUT2D eigenvalue weighted by atomic mass is 9.80. The molecule has 0 aliphatic carbocycles. The maximum absolute atomic E-state index is 13.2. The maximum atomic E-state index is 13.2. The summed E-state index contributed by atoms with van der Waals surface area (Å²) in [7, 11) is 0. The Bertz CT molecular complexity index is 1320. The lowest BCUT2D eigenvalue weighted by Crippen LogP contribution is -2.41. The second-order valence-electron chi connectivity index (χ2n) is 14.7. The van der Waals surface area contributed by atoms with Crippen LogP contribution in [-0.4, -0.2) is 144 Å². The van der Waals surface area contributed by atoms with Crippen LogP contribution < -0.4 is 0 Å². The van der Waals surface area contributed by atoms with Gasteiger partial charge in [-0.2, -0.15) is 0 Å². The molecule has 12 unspecified atom stereocenters. The van der Waals surface area contributed by atoms with E-state index in [1.165, 1.54) is 55.4 Å². The molecule has 0 heterocycles. The zero-order chi connectivity index (χ0) is 46.3. The van der Waals surface area contributed by atoms with Crippen LogP contribution in [0.4, 0.5) is 0 Å². The first-order chi connectivity index (χ1) is 28.0. The van der Waals surface area contributed by atoms with Gasteiger partial charge in [0.15, 0.2) is 0 Å². The Kier molecular flexibility index (Phi) is 26.5. The Morgan fingerprint density at radius 1 is 0.400 bits per heavy atom. The maximum Gasteiger partial charge on any atom is 0.331 e. The number of hydrogen-bond acceptors (Lipinski definition) is 20. The largest absolute Gasteiger partial charge is 0.463 e. The average molecular weight is 865 g/mol. The minimum atomic E-state index is -1.39. The van der Waals surface area contributed by atoms with E-state index >= 15 is 0 Å². The molecule has 20 heteroatoms. The van der Waals surface area contributed by atoms with Gasteiger partial charge in [0.05, 0.1) is 59.9 Å². The first-order valence-electron chi connectivity index (χ1n) is 19.8. The van der Waals surface area contributed by atoms with Gasteiger partial charge in [0.25, 0.3) is 0 Å². The third-order valence-corrected chi connectivity index (χ3v) is 8.50. The number of aliphatic hydroxyl groups is 4. The first-order valence-corrected chi connectivity index (χ1v) is 19.8. The van der Waals surface area contributed by atoms with Gasteiger partial charge >= 0.3 is 47.8 Å². The van der Waals surface area contributed by atoms with Crippen LogP contribution in [0.25, 0.3) is 0 Å². The highest BCUT2D eigenvalue weighted by molar-refractivity contribution is 5.92. The Morgan fingerprint density at radius 2 is 0.667 bits per heavy atom. The van der Waals surface area contributed by atoms with E-state index in [2.05, 4.69) is 0 Å². The van der Waals surface area contributed by atoms with Crippen LogP contribution in [0.2, 0.25) is 0 Å². The van der Waals surface area contributed by atoms with Gasteiger partial charge in [0, 0.05) is 12.2 Å². The SMILES string of the molecule is CCC(C(=O)OC(C)COC(=O)/C=C/C(=O)OCC(C)OC(=O)C(CC)C(C(=O)OCC(C)O)C(C)C(=O)OCC(C)O)C(C(=O)OCC(C)O)C(C)C(=O)OCC(C)O. The van der Waals surface area contributed by atoms with E-state index in [1.807, 2.05) is 0 Å². The van der Waals surface area contributed by atoms with Gasteiger partial charge in [-0.3, -0.25) is 28.8 Å². The molecule has 0 aromatic heterocycles. The van der Waals surface area contributed by atoms with E-state index in [-0.39, 0.29) is 26.1 Å². The summed E-state index contributed by atoms with van der Waals surface area (Å²) < 4.78 is 41.1. The fraction of sp³-hybridized carbons (Fsp3) is 0.750. The highest BCUT2D eigenvalue weighted by Crippen LogP contribution is 2.30. The number of carbonyl (C=O) groups excluding carboxylic acids is 8. The van der Waals surface area contributed by atoms with Crippen molar-refractivity contribution in [2.45, 2.75) is 119 Å². The molecule has 0 aliphatic rings. The lowest BCUT2D eigenvalue weighted by molar-refractivity contribution is -0.174. The van der Waals surface area contributed by atoms with Crippen LogP contribution in [0, 0.1) is 35.5 Å². The number of aliphatic hydroxyl groups excluding tert-OH is 4. The van der Waals surface area contributed by atoms with E-state index in [0.717, 1.165) is 12.2 Å². The molecule has 0 saturated heterocycles. The second-order valence-corrected chi connectivity index (χ2v) is 14.7. The normalized spacial score (nSPS) is 17.4. The molecule has 0 spiro atoms. The molecule has 0 fully saturated rings. The molecule has 0 bridgehead atoms. The molecule has 0 aromatic rings. The van der Waals surface area contributed by atoms with Crippen molar-refractivity contribution >= 4 is 47.8 Å².